The van der Waals surface area contributed by atoms with Gasteiger partial charge in [-0.1, -0.05) is 6.07 Å². The van der Waals surface area contributed by atoms with Crippen LogP contribution in [0.3, 0.4) is 0 Å². The topological polar surface area (TPSA) is 64.7 Å². The number of nitrogen functional groups attached to an aromatic ring is 1. The lowest BCUT2D eigenvalue weighted by Gasteiger charge is -2.23. The van der Waals surface area contributed by atoms with Gasteiger partial charge in [0.2, 0.25) is 0 Å². The first-order chi connectivity index (χ1) is 7.27. The number of aromatic hydroxyl groups is 1. The number of para-hydroxylation sites is 1. The quantitative estimate of drug-likeness (QED) is 0.576. The second-order valence-electron chi connectivity index (χ2n) is 3.61. The molecule has 82 valence electrons. The van der Waals surface area contributed by atoms with Gasteiger partial charge in [0, 0.05) is 6.42 Å². The number of ether oxygens (including phenoxy) is 2. The van der Waals surface area contributed by atoms with Crippen molar-refractivity contribution in [1.82, 2.24) is 0 Å². The predicted molar refractivity (Wildman–Crippen MR) is 56.7 cm³/mol. The molecule has 1 aliphatic rings. The van der Waals surface area contributed by atoms with E-state index in [0.29, 0.717) is 18.0 Å². The van der Waals surface area contributed by atoms with Crippen molar-refractivity contribution < 1.29 is 14.6 Å². The molecule has 1 aliphatic heterocycles. The van der Waals surface area contributed by atoms with Crippen molar-refractivity contribution in [3.05, 3.63) is 18.2 Å². The van der Waals surface area contributed by atoms with Crippen LogP contribution in [0.25, 0.3) is 0 Å². The van der Waals surface area contributed by atoms with Crippen molar-refractivity contribution >= 4 is 5.69 Å². The smallest absolute Gasteiger partial charge is 0.200 e. The van der Waals surface area contributed by atoms with Crippen LogP contribution in [0.1, 0.15) is 19.3 Å². The van der Waals surface area contributed by atoms with Gasteiger partial charge >= 0.3 is 0 Å². The lowest BCUT2D eigenvalue weighted by molar-refractivity contribution is -0.106. The Morgan fingerprint density at radius 1 is 1.40 bits per heavy atom. The highest BCUT2D eigenvalue weighted by Gasteiger charge is 2.17. The van der Waals surface area contributed by atoms with Gasteiger partial charge < -0.3 is 20.3 Å². The lowest BCUT2D eigenvalue weighted by Crippen LogP contribution is -2.25. The van der Waals surface area contributed by atoms with Crippen molar-refractivity contribution in [3.63, 3.8) is 0 Å². The van der Waals surface area contributed by atoms with Gasteiger partial charge in [0.1, 0.15) is 0 Å². The number of hydrogen-bond acceptors (Lipinski definition) is 4. The van der Waals surface area contributed by atoms with Gasteiger partial charge in [-0.3, -0.25) is 0 Å². The van der Waals surface area contributed by atoms with Gasteiger partial charge in [-0.2, -0.15) is 0 Å². The maximum Gasteiger partial charge on any atom is 0.200 e. The Bertz CT molecular complexity index is 335. The third kappa shape index (κ3) is 2.33. The zero-order valence-corrected chi connectivity index (χ0v) is 8.48. The molecule has 0 aliphatic carbocycles. The van der Waals surface area contributed by atoms with Crippen LogP contribution in [0, 0.1) is 0 Å². The molecule has 1 aromatic rings. The molecular weight excluding hydrogens is 194 g/mol. The van der Waals surface area contributed by atoms with Gasteiger partial charge in [0.15, 0.2) is 17.8 Å². The summed E-state index contributed by atoms with van der Waals surface area (Å²) in [5.74, 6) is 0.383. The van der Waals surface area contributed by atoms with Crippen molar-refractivity contribution in [2.45, 2.75) is 25.6 Å². The molecule has 0 aromatic heterocycles. The molecule has 0 bridgehead atoms. The second kappa shape index (κ2) is 4.40. The minimum atomic E-state index is -0.258. The highest BCUT2D eigenvalue weighted by atomic mass is 16.7. The summed E-state index contributed by atoms with van der Waals surface area (Å²) in [7, 11) is 0. The summed E-state index contributed by atoms with van der Waals surface area (Å²) in [6.45, 7) is 0.716. The van der Waals surface area contributed by atoms with Gasteiger partial charge in [-0.15, -0.1) is 0 Å². The second-order valence-corrected chi connectivity index (χ2v) is 3.61. The largest absolute Gasteiger partial charge is 0.503 e. The molecule has 0 amide bonds. The molecule has 0 spiro atoms. The molecule has 1 aromatic carbocycles. The minimum Gasteiger partial charge on any atom is -0.503 e. The molecule has 1 saturated heterocycles. The summed E-state index contributed by atoms with van der Waals surface area (Å²) in [5.41, 5.74) is 5.88. The van der Waals surface area contributed by atoms with E-state index in [-0.39, 0.29) is 12.0 Å². The van der Waals surface area contributed by atoms with Crippen LogP contribution in [0.15, 0.2) is 18.2 Å². The summed E-state index contributed by atoms with van der Waals surface area (Å²) in [5, 5.41) is 9.62. The number of phenols is 1. The first-order valence-corrected chi connectivity index (χ1v) is 5.13. The fourth-order valence-corrected chi connectivity index (χ4v) is 1.58. The summed E-state index contributed by atoms with van der Waals surface area (Å²) >= 11 is 0. The first kappa shape index (κ1) is 10.1. The highest BCUT2D eigenvalue weighted by molar-refractivity contribution is 5.58. The van der Waals surface area contributed by atoms with E-state index in [1.54, 1.807) is 18.2 Å². The molecular formula is C11H15NO3. The number of anilines is 1. The number of nitrogens with two attached hydrogens (primary N) is 1. The van der Waals surface area contributed by atoms with Crippen molar-refractivity contribution in [2.75, 3.05) is 12.3 Å². The van der Waals surface area contributed by atoms with E-state index in [9.17, 15) is 5.11 Å². The van der Waals surface area contributed by atoms with Crippen LogP contribution in [-0.4, -0.2) is 18.0 Å². The summed E-state index contributed by atoms with van der Waals surface area (Å²) in [6.07, 6.45) is 2.76. The molecule has 1 fully saturated rings. The molecule has 15 heavy (non-hydrogen) atoms. The third-order valence-electron chi connectivity index (χ3n) is 2.43. The van der Waals surface area contributed by atoms with E-state index in [0.717, 1.165) is 19.3 Å². The summed E-state index contributed by atoms with van der Waals surface area (Å²) < 4.78 is 10.9. The van der Waals surface area contributed by atoms with Crippen molar-refractivity contribution in [2.24, 2.45) is 0 Å². The minimum absolute atomic E-state index is 0.00771. The van der Waals surface area contributed by atoms with Crippen molar-refractivity contribution in [3.8, 4) is 11.5 Å². The van der Waals surface area contributed by atoms with Gasteiger partial charge in [-0.25, -0.2) is 0 Å². The monoisotopic (exact) mass is 209 g/mol. The third-order valence-corrected chi connectivity index (χ3v) is 2.43. The Kier molecular flexibility index (Phi) is 2.97. The Hall–Kier alpha value is -1.42. The Morgan fingerprint density at radius 3 is 3.00 bits per heavy atom. The number of rotatable bonds is 2. The Balaban J connectivity index is 2.06. The standard InChI is InChI=1S/C11H15NO3/c12-8-4-3-5-9(11(8)13)15-10-6-1-2-7-14-10/h3-5,10,13H,1-2,6-7,12H2. The maximum atomic E-state index is 9.62. The van der Waals surface area contributed by atoms with Crippen LogP contribution >= 0.6 is 0 Å². The van der Waals surface area contributed by atoms with Crippen LogP contribution in [0.5, 0.6) is 11.5 Å². The molecule has 3 N–H and O–H groups in total. The predicted octanol–water partition coefficient (Wildman–Crippen LogP) is 1.88. The van der Waals surface area contributed by atoms with E-state index in [1.807, 2.05) is 0 Å². The normalized spacial score (nSPS) is 21.2. The average Bonchev–Trinajstić information content (AvgIpc) is 2.26. The molecule has 4 nitrogen and oxygen atoms in total. The molecule has 2 rings (SSSR count). The number of hydrogen-bond donors (Lipinski definition) is 2. The fraction of sp³-hybridized carbons (Fsp3) is 0.455. The lowest BCUT2D eigenvalue weighted by atomic mass is 10.2. The van der Waals surface area contributed by atoms with Crippen LogP contribution in [0.4, 0.5) is 5.69 Å². The maximum absolute atomic E-state index is 9.62. The Labute approximate surface area is 88.6 Å². The van der Waals surface area contributed by atoms with E-state index in [4.69, 9.17) is 15.2 Å². The van der Waals surface area contributed by atoms with Gasteiger partial charge in [0.05, 0.1) is 12.3 Å². The number of phenolic OH excluding ortho intramolecular Hbond substituents is 1. The molecule has 4 heteroatoms. The number of benzene rings is 1. The van der Waals surface area contributed by atoms with Crippen molar-refractivity contribution in [1.29, 1.82) is 0 Å². The molecule has 0 saturated carbocycles. The zero-order valence-electron chi connectivity index (χ0n) is 8.48. The van der Waals surface area contributed by atoms with Crippen LogP contribution in [0.2, 0.25) is 0 Å². The SMILES string of the molecule is Nc1cccc(OC2CCCCO2)c1O. The molecule has 0 radical (unpaired) electrons. The molecule has 1 heterocycles. The Morgan fingerprint density at radius 2 is 2.27 bits per heavy atom. The van der Waals surface area contributed by atoms with E-state index in [1.165, 1.54) is 0 Å². The highest BCUT2D eigenvalue weighted by Crippen LogP contribution is 2.33. The van der Waals surface area contributed by atoms with Gasteiger partial charge in [0.25, 0.3) is 0 Å². The van der Waals surface area contributed by atoms with Crippen LogP contribution < -0.4 is 10.5 Å². The van der Waals surface area contributed by atoms with E-state index >= 15 is 0 Å². The zero-order chi connectivity index (χ0) is 10.7. The first-order valence-electron chi connectivity index (χ1n) is 5.13. The fourth-order valence-electron chi connectivity index (χ4n) is 1.58. The average molecular weight is 209 g/mol. The van der Waals surface area contributed by atoms with E-state index < -0.39 is 0 Å². The molecule has 1 unspecified atom stereocenters. The summed E-state index contributed by atoms with van der Waals surface area (Å²) in [4.78, 5) is 0. The van der Waals surface area contributed by atoms with Crippen LogP contribution in [-0.2, 0) is 4.74 Å². The van der Waals surface area contributed by atoms with E-state index in [2.05, 4.69) is 0 Å². The molecule has 1 atom stereocenters. The summed E-state index contributed by atoms with van der Waals surface area (Å²) in [6, 6.07) is 5.06. The van der Waals surface area contributed by atoms with Gasteiger partial charge in [-0.05, 0) is 25.0 Å².